The number of hydrogen-bond donors (Lipinski definition) is 1. The number of fused-ring (bicyclic) bond motifs is 1. The number of nitrogens with zero attached hydrogens (tertiary/aromatic N) is 2. The number of piperidine rings is 1. The first-order valence-corrected chi connectivity index (χ1v) is 11.9. The number of benzene rings is 2. The molecule has 1 saturated heterocycles. The van der Waals surface area contributed by atoms with E-state index < -0.39 is 15.9 Å². The maximum atomic E-state index is 13.3. The third-order valence-electron chi connectivity index (χ3n) is 5.83. The summed E-state index contributed by atoms with van der Waals surface area (Å²) in [6, 6.07) is 13.1. The second-order valence-corrected chi connectivity index (χ2v) is 9.81. The molecule has 1 N–H and O–H groups in total. The number of carbonyl (C=O) groups excluding carboxylic acids is 1. The fourth-order valence-electron chi connectivity index (χ4n) is 4.12. The minimum Gasteiger partial charge on any atom is -0.352 e. The Morgan fingerprint density at radius 3 is 2.81 bits per heavy atom. The number of halogens is 1. The fraction of sp³-hybridized carbons (Fsp3) is 0.348. The van der Waals surface area contributed by atoms with Crippen molar-refractivity contribution in [3.63, 3.8) is 0 Å². The number of amides is 1. The summed E-state index contributed by atoms with van der Waals surface area (Å²) in [6.07, 6.45) is 3.19. The Balaban J connectivity index is 1.46. The van der Waals surface area contributed by atoms with Gasteiger partial charge in [-0.05, 0) is 61.7 Å². The standard InChI is InChI=1S/C23H26FN3O3S/c1-2-26-12-10-18-14-21(8-9-22(18)26)31(29,30)27-11-4-6-19(16-27)23(28)25-15-17-5-3-7-20(24)13-17/h3,5,7-10,12-14,19H,2,4,6,11,15-16H2,1H3,(H,25,28). The van der Waals surface area contributed by atoms with Gasteiger partial charge in [0.25, 0.3) is 0 Å². The number of carbonyl (C=O) groups is 1. The molecule has 31 heavy (non-hydrogen) atoms. The Labute approximate surface area is 181 Å². The van der Waals surface area contributed by atoms with Gasteiger partial charge in [-0.2, -0.15) is 4.31 Å². The molecule has 2 heterocycles. The van der Waals surface area contributed by atoms with E-state index in [0.29, 0.717) is 24.9 Å². The van der Waals surface area contributed by atoms with Gasteiger partial charge in [0, 0.05) is 43.3 Å². The summed E-state index contributed by atoms with van der Waals surface area (Å²) >= 11 is 0. The van der Waals surface area contributed by atoms with Crippen LogP contribution in [-0.2, 0) is 27.9 Å². The van der Waals surface area contributed by atoms with Crippen molar-refractivity contribution in [1.82, 2.24) is 14.2 Å². The predicted molar refractivity (Wildman–Crippen MR) is 117 cm³/mol. The van der Waals surface area contributed by atoms with Gasteiger partial charge < -0.3 is 9.88 Å². The minimum absolute atomic E-state index is 0.144. The van der Waals surface area contributed by atoms with Gasteiger partial charge in [-0.1, -0.05) is 12.1 Å². The lowest BCUT2D eigenvalue weighted by molar-refractivity contribution is -0.126. The van der Waals surface area contributed by atoms with Crippen LogP contribution in [0.1, 0.15) is 25.3 Å². The Morgan fingerprint density at radius 1 is 1.19 bits per heavy atom. The lowest BCUT2D eigenvalue weighted by Crippen LogP contribution is -2.45. The van der Waals surface area contributed by atoms with Crippen LogP contribution >= 0.6 is 0 Å². The van der Waals surface area contributed by atoms with Crippen LogP contribution in [0.25, 0.3) is 10.9 Å². The number of sulfonamides is 1. The van der Waals surface area contributed by atoms with Gasteiger partial charge in [0.15, 0.2) is 0 Å². The van der Waals surface area contributed by atoms with Crippen molar-refractivity contribution in [2.45, 2.75) is 37.8 Å². The molecule has 1 atom stereocenters. The van der Waals surface area contributed by atoms with Crippen molar-refractivity contribution >= 4 is 26.8 Å². The van der Waals surface area contributed by atoms with Gasteiger partial charge >= 0.3 is 0 Å². The van der Waals surface area contributed by atoms with Crippen molar-refractivity contribution < 1.29 is 17.6 Å². The van der Waals surface area contributed by atoms with Crippen molar-refractivity contribution in [2.24, 2.45) is 5.92 Å². The lowest BCUT2D eigenvalue weighted by atomic mass is 9.99. The summed E-state index contributed by atoms with van der Waals surface area (Å²) in [5.74, 6) is -0.991. The van der Waals surface area contributed by atoms with Crippen LogP contribution in [0.4, 0.5) is 4.39 Å². The lowest BCUT2D eigenvalue weighted by Gasteiger charge is -2.31. The average molecular weight is 444 g/mol. The van der Waals surface area contributed by atoms with Crippen LogP contribution in [0.3, 0.4) is 0 Å². The van der Waals surface area contributed by atoms with E-state index in [2.05, 4.69) is 9.88 Å². The molecule has 1 fully saturated rings. The molecule has 3 aromatic rings. The molecule has 4 rings (SSSR count). The summed E-state index contributed by atoms with van der Waals surface area (Å²) in [6.45, 7) is 3.60. The Morgan fingerprint density at radius 2 is 2.03 bits per heavy atom. The van der Waals surface area contributed by atoms with E-state index >= 15 is 0 Å². The van der Waals surface area contributed by atoms with Crippen molar-refractivity contribution in [3.8, 4) is 0 Å². The molecule has 1 amide bonds. The molecule has 6 nitrogen and oxygen atoms in total. The van der Waals surface area contributed by atoms with Gasteiger partial charge in [0.2, 0.25) is 15.9 Å². The Kier molecular flexibility index (Phi) is 6.11. The van der Waals surface area contributed by atoms with Crippen LogP contribution < -0.4 is 5.32 Å². The molecule has 0 bridgehead atoms. The maximum Gasteiger partial charge on any atom is 0.243 e. The summed E-state index contributed by atoms with van der Waals surface area (Å²) < 4.78 is 43.3. The molecular weight excluding hydrogens is 417 g/mol. The highest BCUT2D eigenvalue weighted by Crippen LogP contribution is 2.27. The zero-order valence-electron chi connectivity index (χ0n) is 17.4. The van der Waals surface area contributed by atoms with Crippen LogP contribution in [0.15, 0.2) is 59.6 Å². The Hall–Kier alpha value is -2.71. The van der Waals surface area contributed by atoms with Crippen LogP contribution in [0, 0.1) is 11.7 Å². The third kappa shape index (κ3) is 4.50. The van der Waals surface area contributed by atoms with E-state index in [9.17, 15) is 17.6 Å². The molecule has 164 valence electrons. The number of aryl methyl sites for hydroxylation is 1. The highest BCUT2D eigenvalue weighted by molar-refractivity contribution is 7.89. The number of rotatable bonds is 6. The predicted octanol–water partition coefficient (Wildman–Crippen LogP) is 3.52. The molecule has 0 aliphatic carbocycles. The van der Waals surface area contributed by atoms with Crippen molar-refractivity contribution in [3.05, 3.63) is 66.1 Å². The first kappa shape index (κ1) is 21.5. The monoisotopic (exact) mass is 443 g/mol. The largest absolute Gasteiger partial charge is 0.352 e. The molecule has 1 aromatic heterocycles. The average Bonchev–Trinajstić information content (AvgIpc) is 3.20. The van der Waals surface area contributed by atoms with Gasteiger partial charge in [-0.25, -0.2) is 12.8 Å². The molecule has 0 saturated carbocycles. The van der Waals surface area contributed by atoms with Gasteiger partial charge in [0.1, 0.15) is 5.82 Å². The summed E-state index contributed by atoms with van der Waals surface area (Å²) in [5, 5.41) is 3.69. The molecule has 1 aliphatic rings. The summed E-state index contributed by atoms with van der Waals surface area (Å²) in [4.78, 5) is 12.9. The first-order chi connectivity index (χ1) is 14.9. The van der Waals surface area contributed by atoms with Gasteiger partial charge in [-0.15, -0.1) is 0 Å². The number of nitrogens with one attached hydrogen (secondary N) is 1. The van der Waals surface area contributed by atoms with Crippen LogP contribution in [0.5, 0.6) is 0 Å². The maximum absolute atomic E-state index is 13.3. The normalized spacial score (nSPS) is 17.7. The van der Waals surface area contributed by atoms with E-state index in [-0.39, 0.29) is 29.7 Å². The van der Waals surface area contributed by atoms with E-state index in [1.165, 1.54) is 16.4 Å². The van der Waals surface area contributed by atoms with Gasteiger partial charge in [0.05, 0.1) is 10.8 Å². The molecular formula is C23H26FN3O3S. The summed E-state index contributed by atoms with van der Waals surface area (Å²) in [5.41, 5.74) is 1.66. The molecule has 8 heteroatoms. The third-order valence-corrected chi connectivity index (χ3v) is 7.69. The van der Waals surface area contributed by atoms with E-state index in [0.717, 1.165) is 17.4 Å². The Bertz CT molecular complexity index is 1210. The van der Waals surface area contributed by atoms with Crippen molar-refractivity contribution in [2.75, 3.05) is 13.1 Å². The van der Waals surface area contributed by atoms with E-state index in [4.69, 9.17) is 0 Å². The second-order valence-electron chi connectivity index (χ2n) is 7.87. The number of hydrogen-bond acceptors (Lipinski definition) is 3. The fourth-order valence-corrected chi connectivity index (χ4v) is 5.68. The zero-order chi connectivity index (χ0) is 22.0. The molecule has 0 spiro atoms. The zero-order valence-corrected chi connectivity index (χ0v) is 18.2. The van der Waals surface area contributed by atoms with Crippen LogP contribution in [-0.4, -0.2) is 36.3 Å². The second kappa shape index (κ2) is 8.80. The first-order valence-electron chi connectivity index (χ1n) is 10.5. The number of aromatic nitrogens is 1. The topological polar surface area (TPSA) is 71.4 Å². The summed E-state index contributed by atoms with van der Waals surface area (Å²) in [7, 11) is -3.70. The quantitative estimate of drug-likeness (QED) is 0.634. The molecule has 1 aliphatic heterocycles. The SMILES string of the molecule is CCn1ccc2cc(S(=O)(=O)N3CCCC(C(=O)NCc4cccc(F)c4)C3)ccc21. The molecule has 0 radical (unpaired) electrons. The smallest absolute Gasteiger partial charge is 0.243 e. The highest BCUT2D eigenvalue weighted by Gasteiger charge is 2.33. The van der Waals surface area contributed by atoms with Crippen LogP contribution in [0.2, 0.25) is 0 Å². The van der Waals surface area contributed by atoms with E-state index in [1.54, 1.807) is 24.3 Å². The van der Waals surface area contributed by atoms with Gasteiger partial charge in [-0.3, -0.25) is 4.79 Å². The molecule has 2 aromatic carbocycles. The van der Waals surface area contributed by atoms with E-state index in [1.807, 2.05) is 25.3 Å². The van der Waals surface area contributed by atoms with Crippen molar-refractivity contribution in [1.29, 1.82) is 0 Å². The minimum atomic E-state index is -3.70. The molecule has 1 unspecified atom stereocenters. The highest BCUT2D eigenvalue weighted by atomic mass is 32.2.